The molecule has 0 saturated carbocycles. The Hall–Kier alpha value is -2.53. The van der Waals surface area contributed by atoms with E-state index in [4.69, 9.17) is 16.3 Å². The highest BCUT2D eigenvalue weighted by Crippen LogP contribution is 2.25. The molecule has 1 saturated heterocycles. The summed E-state index contributed by atoms with van der Waals surface area (Å²) in [6.45, 7) is 5.16. The fourth-order valence-corrected chi connectivity index (χ4v) is 3.62. The first-order valence-electron chi connectivity index (χ1n) is 9.91. The summed E-state index contributed by atoms with van der Waals surface area (Å²) in [5.41, 5.74) is 0.0885. The fraction of sp³-hybridized carbons (Fsp3) is 0.391. The molecule has 0 aliphatic carbocycles. The van der Waals surface area contributed by atoms with E-state index in [1.807, 2.05) is 30.3 Å². The van der Waals surface area contributed by atoms with Crippen LogP contribution in [-0.2, 0) is 16.1 Å². The number of carbonyl (C=O) groups excluding carboxylic acids is 2. The first-order chi connectivity index (χ1) is 13.8. The van der Waals surface area contributed by atoms with Gasteiger partial charge in [0.25, 0.3) is 5.91 Å². The Balaban J connectivity index is 1.49. The third-order valence-corrected chi connectivity index (χ3v) is 5.42. The molecule has 1 aliphatic heterocycles. The second kappa shape index (κ2) is 9.31. The smallest absolute Gasteiger partial charge is 0.266 e. The van der Waals surface area contributed by atoms with Crippen LogP contribution in [0, 0.1) is 5.92 Å². The van der Waals surface area contributed by atoms with Crippen LogP contribution in [0.15, 0.2) is 54.6 Å². The number of hydrogen-bond acceptors (Lipinski definition) is 3. The molecule has 1 aliphatic rings. The van der Waals surface area contributed by atoms with Crippen molar-refractivity contribution in [3.8, 4) is 5.75 Å². The second-order valence-electron chi connectivity index (χ2n) is 7.84. The summed E-state index contributed by atoms with van der Waals surface area (Å²) in [7, 11) is 0. The molecule has 3 rings (SSSR count). The molecule has 1 N–H and O–H groups in total. The van der Waals surface area contributed by atoms with Gasteiger partial charge >= 0.3 is 0 Å². The minimum absolute atomic E-state index is 0.0534. The molecule has 1 heterocycles. The molecule has 6 heteroatoms. The average molecular weight is 415 g/mol. The van der Waals surface area contributed by atoms with Crippen LogP contribution in [0.3, 0.4) is 0 Å². The van der Waals surface area contributed by atoms with Crippen molar-refractivity contribution in [3.63, 3.8) is 0 Å². The summed E-state index contributed by atoms with van der Waals surface area (Å²) in [4.78, 5) is 27.2. The minimum atomic E-state index is -0.990. The lowest BCUT2D eigenvalue weighted by Crippen LogP contribution is -2.52. The number of benzene rings is 2. The second-order valence-corrected chi connectivity index (χ2v) is 8.27. The molecule has 0 bridgehead atoms. The number of rotatable bonds is 6. The highest BCUT2D eigenvalue weighted by atomic mass is 35.5. The van der Waals surface area contributed by atoms with Crippen molar-refractivity contribution in [1.82, 2.24) is 10.2 Å². The lowest BCUT2D eigenvalue weighted by molar-refractivity contribution is -0.148. The summed E-state index contributed by atoms with van der Waals surface area (Å²) >= 11 is 5.90. The van der Waals surface area contributed by atoms with E-state index in [-0.39, 0.29) is 17.7 Å². The molecule has 29 heavy (non-hydrogen) atoms. The van der Waals surface area contributed by atoms with Crippen LogP contribution in [0.2, 0.25) is 5.02 Å². The number of hydrogen-bond donors (Lipinski definition) is 1. The van der Waals surface area contributed by atoms with Gasteiger partial charge in [0.1, 0.15) is 5.75 Å². The van der Waals surface area contributed by atoms with E-state index in [1.165, 1.54) is 0 Å². The quantitative estimate of drug-likeness (QED) is 0.775. The van der Waals surface area contributed by atoms with Crippen LogP contribution >= 0.6 is 11.6 Å². The van der Waals surface area contributed by atoms with Gasteiger partial charge in [0.2, 0.25) is 5.91 Å². The standard InChI is InChI=1S/C23H27ClN2O3/c1-23(2,29-20-10-8-19(24)9-11-20)22(28)26-14-12-18(13-15-26)21(27)25-16-17-6-4-3-5-7-17/h3-11,18H,12-16H2,1-2H3,(H,25,27). The zero-order valence-electron chi connectivity index (χ0n) is 16.9. The van der Waals surface area contributed by atoms with E-state index >= 15 is 0 Å². The number of piperidine rings is 1. The zero-order valence-corrected chi connectivity index (χ0v) is 17.6. The Kier molecular flexibility index (Phi) is 6.80. The van der Waals surface area contributed by atoms with E-state index in [0.29, 0.717) is 43.2 Å². The van der Waals surface area contributed by atoms with E-state index in [1.54, 1.807) is 43.0 Å². The molecule has 2 aromatic carbocycles. The number of likely N-dealkylation sites (tertiary alicyclic amines) is 1. The van der Waals surface area contributed by atoms with E-state index in [2.05, 4.69) is 5.32 Å². The van der Waals surface area contributed by atoms with Gasteiger partial charge < -0.3 is 15.0 Å². The molecule has 5 nitrogen and oxygen atoms in total. The van der Waals surface area contributed by atoms with Gasteiger partial charge in [-0.3, -0.25) is 9.59 Å². The van der Waals surface area contributed by atoms with Crippen molar-refractivity contribution < 1.29 is 14.3 Å². The molecule has 0 aromatic heterocycles. The maximum atomic E-state index is 13.0. The molecule has 0 unspecified atom stereocenters. The number of nitrogens with one attached hydrogen (secondary N) is 1. The highest BCUT2D eigenvalue weighted by molar-refractivity contribution is 6.30. The van der Waals surface area contributed by atoms with Gasteiger partial charge in [0, 0.05) is 30.6 Å². The Morgan fingerprint density at radius 3 is 2.31 bits per heavy atom. The summed E-state index contributed by atoms with van der Waals surface area (Å²) in [6, 6.07) is 16.8. The maximum Gasteiger partial charge on any atom is 0.266 e. The lowest BCUT2D eigenvalue weighted by atomic mass is 9.94. The summed E-state index contributed by atoms with van der Waals surface area (Å²) < 4.78 is 5.90. The van der Waals surface area contributed by atoms with Crippen molar-refractivity contribution in [3.05, 3.63) is 65.2 Å². The molecule has 0 radical (unpaired) electrons. The van der Waals surface area contributed by atoms with Crippen LogP contribution in [-0.4, -0.2) is 35.4 Å². The van der Waals surface area contributed by atoms with Gasteiger partial charge in [0.15, 0.2) is 5.60 Å². The fourth-order valence-electron chi connectivity index (χ4n) is 3.50. The number of halogens is 1. The first kappa shape index (κ1) is 21.2. The van der Waals surface area contributed by atoms with Gasteiger partial charge in [-0.1, -0.05) is 41.9 Å². The van der Waals surface area contributed by atoms with Gasteiger partial charge in [-0.2, -0.15) is 0 Å². The summed E-state index contributed by atoms with van der Waals surface area (Å²) in [6.07, 6.45) is 1.31. The van der Waals surface area contributed by atoms with Crippen LogP contribution in [0.1, 0.15) is 32.3 Å². The van der Waals surface area contributed by atoms with Gasteiger partial charge in [-0.25, -0.2) is 0 Å². The van der Waals surface area contributed by atoms with Crippen molar-refractivity contribution in [2.75, 3.05) is 13.1 Å². The predicted molar refractivity (Wildman–Crippen MR) is 114 cm³/mol. The zero-order chi connectivity index (χ0) is 20.9. The monoisotopic (exact) mass is 414 g/mol. The normalized spacial score (nSPS) is 15.1. The molecule has 1 fully saturated rings. The van der Waals surface area contributed by atoms with Crippen LogP contribution < -0.4 is 10.1 Å². The van der Waals surface area contributed by atoms with Crippen LogP contribution in [0.4, 0.5) is 0 Å². The molecule has 2 amide bonds. The topological polar surface area (TPSA) is 58.6 Å². The van der Waals surface area contributed by atoms with Crippen molar-refractivity contribution in [2.24, 2.45) is 5.92 Å². The van der Waals surface area contributed by atoms with Crippen LogP contribution in [0.25, 0.3) is 0 Å². The van der Waals surface area contributed by atoms with Crippen molar-refractivity contribution in [1.29, 1.82) is 0 Å². The Morgan fingerprint density at radius 2 is 1.69 bits per heavy atom. The van der Waals surface area contributed by atoms with Gasteiger partial charge in [0.05, 0.1) is 0 Å². The van der Waals surface area contributed by atoms with Crippen LogP contribution in [0.5, 0.6) is 5.75 Å². The van der Waals surface area contributed by atoms with Gasteiger partial charge in [-0.05, 0) is 56.5 Å². The molecule has 2 aromatic rings. The predicted octanol–water partition coefficient (Wildman–Crippen LogP) is 4.05. The first-order valence-corrected chi connectivity index (χ1v) is 10.3. The van der Waals surface area contributed by atoms with Crippen molar-refractivity contribution >= 4 is 23.4 Å². The van der Waals surface area contributed by atoms with E-state index < -0.39 is 5.60 Å². The third-order valence-electron chi connectivity index (χ3n) is 5.16. The summed E-state index contributed by atoms with van der Waals surface area (Å²) in [5.74, 6) is 0.513. The highest BCUT2D eigenvalue weighted by Gasteiger charge is 2.37. The van der Waals surface area contributed by atoms with E-state index in [9.17, 15) is 9.59 Å². The minimum Gasteiger partial charge on any atom is -0.478 e. The molecule has 154 valence electrons. The number of ether oxygens (including phenoxy) is 1. The lowest BCUT2D eigenvalue weighted by Gasteiger charge is -2.36. The molecule has 0 spiro atoms. The average Bonchev–Trinajstić information content (AvgIpc) is 2.74. The molecular formula is C23H27ClN2O3. The number of carbonyl (C=O) groups is 2. The molecule has 0 atom stereocenters. The van der Waals surface area contributed by atoms with Gasteiger partial charge in [-0.15, -0.1) is 0 Å². The largest absolute Gasteiger partial charge is 0.478 e. The summed E-state index contributed by atoms with van der Waals surface area (Å²) in [5, 5.41) is 3.62. The number of amides is 2. The third kappa shape index (κ3) is 5.73. The van der Waals surface area contributed by atoms with Crippen molar-refractivity contribution in [2.45, 2.75) is 38.8 Å². The van der Waals surface area contributed by atoms with E-state index in [0.717, 1.165) is 5.56 Å². The maximum absolute atomic E-state index is 13.0. The Morgan fingerprint density at radius 1 is 1.07 bits per heavy atom. The Bertz CT molecular complexity index is 829. The number of nitrogens with zero attached hydrogens (tertiary/aromatic N) is 1. The molecular weight excluding hydrogens is 388 g/mol. The SMILES string of the molecule is CC(C)(Oc1ccc(Cl)cc1)C(=O)N1CCC(C(=O)NCc2ccccc2)CC1. The Labute approximate surface area is 177 Å².